The molecule has 0 saturated carbocycles. The summed E-state index contributed by atoms with van der Waals surface area (Å²) in [6.07, 6.45) is 3.01. The van der Waals surface area contributed by atoms with Crippen LogP contribution in [-0.4, -0.2) is 5.78 Å². The van der Waals surface area contributed by atoms with Crippen molar-refractivity contribution >= 4 is 35.1 Å². The van der Waals surface area contributed by atoms with E-state index in [1.54, 1.807) is 36.4 Å². The normalized spacial score (nSPS) is 10.9. The van der Waals surface area contributed by atoms with Crippen molar-refractivity contribution in [2.45, 2.75) is 0 Å². The zero-order valence-corrected chi connectivity index (χ0v) is 11.3. The second-order valence-electron chi connectivity index (χ2n) is 3.91. The number of ketones is 1. The van der Waals surface area contributed by atoms with Crippen molar-refractivity contribution in [3.05, 3.63) is 75.5 Å². The average molecular weight is 295 g/mol. The van der Waals surface area contributed by atoms with Crippen LogP contribution in [0.1, 0.15) is 15.9 Å². The molecular weight excluding hydrogens is 286 g/mol. The van der Waals surface area contributed by atoms with Crippen LogP contribution in [0.5, 0.6) is 0 Å². The van der Waals surface area contributed by atoms with E-state index in [0.29, 0.717) is 15.6 Å². The maximum Gasteiger partial charge on any atom is 0.185 e. The molecule has 96 valence electrons. The number of carbonyl (C=O) groups is 1. The minimum absolute atomic E-state index is 0.214. The molecule has 19 heavy (non-hydrogen) atoms. The highest BCUT2D eigenvalue weighted by Crippen LogP contribution is 2.19. The maximum absolute atomic E-state index is 12.7. The Morgan fingerprint density at radius 1 is 1.00 bits per heavy atom. The minimum Gasteiger partial charge on any atom is -0.289 e. The largest absolute Gasteiger partial charge is 0.289 e. The first-order chi connectivity index (χ1) is 9.04. The molecule has 0 aromatic heterocycles. The Balaban J connectivity index is 2.18. The fourth-order valence-corrected chi connectivity index (χ4v) is 2.06. The average Bonchev–Trinajstić information content (AvgIpc) is 2.36. The standard InChI is InChI=1S/C15H9Cl2FO/c16-12-7-11(8-13(17)9-12)15(19)6-3-10-1-4-14(18)5-2-10/h1-9H. The third-order valence-corrected chi connectivity index (χ3v) is 2.88. The smallest absolute Gasteiger partial charge is 0.185 e. The van der Waals surface area contributed by atoms with Crippen molar-refractivity contribution < 1.29 is 9.18 Å². The van der Waals surface area contributed by atoms with Gasteiger partial charge in [-0.25, -0.2) is 4.39 Å². The Labute approximate surface area is 120 Å². The molecule has 0 aliphatic carbocycles. The highest BCUT2D eigenvalue weighted by molar-refractivity contribution is 6.35. The minimum atomic E-state index is -0.315. The summed E-state index contributed by atoms with van der Waals surface area (Å²) in [5.41, 5.74) is 1.15. The van der Waals surface area contributed by atoms with Gasteiger partial charge in [0.2, 0.25) is 0 Å². The molecule has 0 atom stereocenters. The highest BCUT2D eigenvalue weighted by Gasteiger charge is 2.04. The molecule has 0 spiro atoms. The third-order valence-electron chi connectivity index (χ3n) is 2.44. The first-order valence-electron chi connectivity index (χ1n) is 5.49. The molecule has 0 unspecified atom stereocenters. The van der Waals surface area contributed by atoms with Gasteiger partial charge in [0.1, 0.15) is 5.82 Å². The van der Waals surface area contributed by atoms with E-state index < -0.39 is 0 Å². The van der Waals surface area contributed by atoms with Gasteiger partial charge in [-0.1, -0.05) is 41.4 Å². The number of rotatable bonds is 3. The molecule has 0 N–H and O–H groups in total. The zero-order chi connectivity index (χ0) is 13.8. The van der Waals surface area contributed by atoms with Gasteiger partial charge in [-0.3, -0.25) is 4.79 Å². The lowest BCUT2D eigenvalue weighted by atomic mass is 10.1. The Hall–Kier alpha value is -1.64. The summed E-state index contributed by atoms with van der Waals surface area (Å²) in [7, 11) is 0. The summed E-state index contributed by atoms with van der Waals surface area (Å²) < 4.78 is 12.7. The number of hydrogen-bond donors (Lipinski definition) is 0. The predicted octanol–water partition coefficient (Wildman–Crippen LogP) is 5.03. The Morgan fingerprint density at radius 3 is 2.16 bits per heavy atom. The summed E-state index contributed by atoms with van der Waals surface area (Å²) in [6, 6.07) is 10.5. The van der Waals surface area contributed by atoms with E-state index in [0.717, 1.165) is 5.56 Å². The van der Waals surface area contributed by atoms with Gasteiger partial charge in [0.05, 0.1) is 0 Å². The van der Waals surface area contributed by atoms with Crippen LogP contribution in [0.4, 0.5) is 4.39 Å². The molecule has 2 rings (SSSR count). The molecule has 2 aromatic carbocycles. The van der Waals surface area contributed by atoms with E-state index in [1.165, 1.54) is 18.2 Å². The van der Waals surface area contributed by atoms with Crippen LogP contribution >= 0.6 is 23.2 Å². The van der Waals surface area contributed by atoms with Crippen molar-refractivity contribution in [1.82, 2.24) is 0 Å². The number of halogens is 3. The van der Waals surface area contributed by atoms with Crippen molar-refractivity contribution in [1.29, 1.82) is 0 Å². The van der Waals surface area contributed by atoms with Gasteiger partial charge in [-0.15, -0.1) is 0 Å². The van der Waals surface area contributed by atoms with E-state index in [4.69, 9.17) is 23.2 Å². The maximum atomic E-state index is 12.7. The molecule has 0 bridgehead atoms. The SMILES string of the molecule is O=C(C=Cc1ccc(F)cc1)c1cc(Cl)cc(Cl)c1. The van der Waals surface area contributed by atoms with Gasteiger partial charge >= 0.3 is 0 Å². The number of allylic oxidation sites excluding steroid dienone is 1. The lowest BCUT2D eigenvalue weighted by Crippen LogP contribution is -1.94. The quantitative estimate of drug-likeness (QED) is 0.573. The molecule has 0 aliphatic heterocycles. The summed E-state index contributed by atoms with van der Waals surface area (Å²) in [5.74, 6) is -0.529. The van der Waals surface area contributed by atoms with E-state index in [1.807, 2.05) is 0 Å². The van der Waals surface area contributed by atoms with Gasteiger partial charge in [-0.2, -0.15) is 0 Å². The van der Waals surface area contributed by atoms with Crippen LogP contribution in [0.25, 0.3) is 6.08 Å². The number of carbonyl (C=O) groups excluding carboxylic acids is 1. The predicted molar refractivity (Wildman–Crippen MR) is 76.2 cm³/mol. The van der Waals surface area contributed by atoms with E-state index >= 15 is 0 Å². The lowest BCUT2D eigenvalue weighted by molar-refractivity contribution is 0.104. The topological polar surface area (TPSA) is 17.1 Å². The van der Waals surface area contributed by atoms with Gasteiger partial charge in [0.15, 0.2) is 5.78 Å². The van der Waals surface area contributed by atoms with Gasteiger partial charge < -0.3 is 0 Å². The zero-order valence-electron chi connectivity index (χ0n) is 9.74. The van der Waals surface area contributed by atoms with Gasteiger partial charge in [0.25, 0.3) is 0 Å². The monoisotopic (exact) mass is 294 g/mol. The third kappa shape index (κ3) is 3.91. The van der Waals surface area contributed by atoms with Crippen LogP contribution in [0.3, 0.4) is 0 Å². The van der Waals surface area contributed by atoms with Crippen molar-refractivity contribution in [2.75, 3.05) is 0 Å². The van der Waals surface area contributed by atoms with Crippen molar-refractivity contribution in [3.63, 3.8) is 0 Å². The molecule has 0 radical (unpaired) electrons. The molecule has 0 heterocycles. The van der Waals surface area contributed by atoms with Crippen LogP contribution in [0.15, 0.2) is 48.5 Å². The second-order valence-corrected chi connectivity index (χ2v) is 4.78. The summed E-state index contributed by atoms with van der Waals surface area (Å²) in [5, 5.41) is 0.817. The van der Waals surface area contributed by atoms with Crippen LogP contribution < -0.4 is 0 Å². The van der Waals surface area contributed by atoms with Crippen LogP contribution in [-0.2, 0) is 0 Å². The fraction of sp³-hybridized carbons (Fsp3) is 0. The lowest BCUT2D eigenvalue weighted by Gasteiger charge is -1.99. The number of benzene rings is 2. The molecule has 0 aliphatic rings. The Morgan fingerprint density at radius 2 is 1.58 bits per heavy atom. The molecule has 4 heteroatoms. The highest BCUT2D eigenvalue weighted by atomic mass is 35.5. The van der Waals surface area contributed by atoms with E-state index in [-0.39, 0.29) is 11.6 Å². The van der Waals surface area contributed by atoms with Crippen LogP contribution in [0, 0.1) is 5.82 Å². The van der Waals surface area contributed by atoms with Gasteiger partial charge in [0, 0.05) is 15.6 Å². The Bertz CT molecular complexity index is 613. The second kappa shape index (κ2) is 6.00. The number of hydrogen-bond acceptors (Lipinski definition) is 1. The van der Waals surface area contributed by atoms with Gasteiger partial charge in [-0.05, 0) is 42.0 Å². The molecule has 0 saturated heterocycles. The molecular formula is C15H9Cl2FO. The first kappa shape index (κ1) is 13.8. The van der Waals surface area contributed by atoms with Crippen molar-refractivity contribution in [2.24, 2.45) is 0 Å². The van der Waals surface area contributed by atoms with E-state index in [9.17, 15) is 9.18 Å². The van der Waals surface area contributed by atoms with Crippen molar-refractivity contribution in [3.8, 4) is 0 Å². The molecule has 0 fully saturated rings. The molecule has 2 aromatic rings. The summed E-state index contributed by atoms with van der Waals surface area (Å²) in [4.78, 5) is 11.9. The molecule has 1 nitrogen and oxygen atoms in total. The summed E-state index contributed by atoms with van der Waals surface area (Å²) in [6.45, 7) is 0. The summed E-state index contributed by atoms with van der Waals surface area (Å²) >= 11 is 11.7. The van der Waals surface area contributed by atoms with Crippen LogP contribution in [0.2, 0.25) is 10.0 Å². The molecule has 0 amide bonds. The Kier molecular flexibility index (Phi) is 4.35. The fourth-order valence-electron chi connectivity index (χ4n) is 1.54. The van der Waals surface area contributed by atoms with E-state index in [2.05, 4.69) is 0 Å². The first-order valence-corrected chi connectivity index (χ1v) is 6.24.